The van der Waals surface area contributed by atoms with Gasteiger partial charge in [0.1, 0.15) is 0 Å². The molecule has 2 amide bonds. The number of benzene rings is 2. The first-order chi connectivity index (χ1) is 13.3. The van der Waals surface area contributed by atoms with Crippen molar-refractivity contribution in [2.45, 2.75) is 26.4 Å². The van der Waals surface area contributed by atoms with Gasteiger partial charge in [-0.2, -0.15) is 0 Å². The molecule has 2 aromatic rings. The SMILES string of the molecule is Cc1ccc(N2C[C@H](C(=O)O[C@H](C)C(=O)Nc3cccc(Cl)c3)CC2=O)cc1. The van der Waals surface area contributed by atoms with E-state index in [2.05, 4.69) is 5.32 Å². The van der Waals surface area contributed by atoms with Gasteiger partial charge in [0.25, 0.3) is 5.91 Å². The molecule has 0 aliphatic carbocycles. The highest BCUT2D eigenvalue weighted by Crippen LogP contribution is 2.26. The summed E-state index contributed by atoms with van der Waals surface area (Å²) >= 11 is 5.89. The van der Waals surface area contributed by atoms with Crippen molar-refractivity contribution in [1.82, 2.24) is 0 Å². The van der Waals surface area contributed by atoms with Crippen molar-refractivity contribution in [3.05, 3.63) is 59.1 Å². The summed E-state index contributed by atoms with van der Waals surface area (Å²) in [6.07, 6.45) is -0.926. The summed E-state index contributed by atoms with van der Waals surface area (Å²) in [5.74, 6) is -1.76. The molecular formula is C21H21ClN2O4. The number of carbonyl (C=O) groups is 3. The van der Waals surface area contributed by atoms with Crippen molar-refractivity contribution < 1.29 is 19.1 Å². The highest BCUT2D eigenvalue weighted by molar-refractivity contribution is 6.30. The van der Waals surface area contributed by atoms with Crippen molar-refractivity contribution in [1.29, 1.82) is 0 Å². The first-order valence-corrected chi connectivity index (χ1v) is 9.35. The van der Waals surface area contributed by atoms with Gasteiger partial charge in [0.15, 0.2) is 6.10 Å². The highest BCUT2D eigenvalue weighted by atomic mass is 35.5. The minimum absolute atomic E-state index is 0.0648. The van der Waals surface area contributed by atoms with Crippen LogP contribution in [0.2, 0.25) is 5.02 Å². The number of aryl methyl sites for hydroxylation is 1. The monoisotopic (exact) mass is 400 g/mol. The second-order valence-electron chi connectivity index (χ2n) is 6.82. The van der Waals surface area contributed by atoms with Gasteiger partial charge in [0, 0.05) is 29.4 Å². The van der Waals surface area contributed by atoms with Crippen LogP contribution < -0.4 is 10.2 Å². The maximum atomic E-state index is 12.4. The van der Waals surface area contributed by atoms with Gasteiger partial charge in [-0.25, -0.2) is 0 Å². The predicted octanol–water partition coefficient (Wildman–Crippen LogP) is 3.57. The number of ether oxygens (including phenoxy) is 1. The van der Waals surface area contributed by atoms with Crippen molar-refractivity contribution in [3.8, 4) is 0 Å². The van der Waals surface area contributed by atoms with E-state index >= 15 is 0 Å². The van der Waals surface area contributed by atoms with Crippen molar-refractivity contribution in [2.24, 2.45) is 5.92 Å². The van der Waals surface area contributed by atoms with E-state index in [4.69, 9.17) is 16.3 Å². The van der Waals surface area contributed by atoms with E-state index in [1.54, 1.807) is 29.2 Å². The Morgan fingerprint density at radius 3 is 2.61 bits per heavy atom. The van der Waals surface area contributed by atoms with E-state index in [0.29, 0.717) is 10.7 Å². The van der Waals surface area contributed by atoms with Gasteiger partial charge in [0.2, 0.25) is 5.91 Å². The molecule has 2 atom stereocenters. The number of nitrogens with zero attached hydrogens (tertiary/aromatic N) is 1. The zero-order valence-electron chi connectivity index (χ0n) is 15.6. The third-order valence-electron chi connectivity index (χ3n) is 4.56. The van der Waals surface area contributed by atoms with E-state index in [-0.39, 0.29) is 18.9 Å². The summed E-state index contributed by atoms with van der Waals surface area (Å²) in [6.45, 7) is 3.70. The molecule has 1 heterocycles. The Kier molecular flexibility index (Phi) is 5.99. The van der Waals surface area contributed by atoms with Crippen LogP contribution in [0.15, 0.2) is 48.5 Å². The maximum Gasteiger partial charge on any atom is 0.312 e. The minimum Gasteiger partial charge on any atom is -0.452 e. The van der Waals surface area contributed by atoms with E-state index < -0.39 is 23.9 Å². The molecule has 28 heavy (non-hydrogen) atoms. The molecule has 0 spiro atoms. The summed E-state index contributed by atoms with van der Waals surface area (Å²) < 4.78 is 5.29. The Morgan fingerprint density at radius 1 is 1.21 bits per heavy atom. The second-order valence-corrected chi connectivity index (χ2v) is 7.26. The molecule has 1 aliphatic heterocycles. The quantitative estimate of drug-likeness (QED) is 0.778. The molecule has 6 nitrogen and oxygen atoms in total. The van der Waals surface area contributed by atoms with E-state index in [1.807, 2.05) is 31.2 Å². The lowest BCUT2D eigenvalue weighted by Crippen LogP contribution is -2.33. The number of halogens is 1. The smallest absolute Gasteiger partial charge is 0.312 e. The summed E-state index contributed by atoms with van der Waals surface area (Å²) in [5, 5.41) is 3.14. The molecule has 2 aromatic carbocycles. The molecule has 1 aliphatic rings. The van der Waals surface area contributed by atoms with Gasteiger partial charge in [-0.05, 0) is 44.2 Å². The molecular weight excluding hydrogens is 380 g/mol. The van der Waals surface area contributed by atoms with Gasteiger partial charge in [0.05, 0.1) is 5.92 Å². The maximum absolute atomic E-state index is 12.4. The van der Waals surface area contributed by atoms with Crippen LogP contribution in [0.3, 0.4) is 0 Å². The molecule has 1 saturated heterocycles. The topological polar surface area (TPSA) is 75.7 Å². The third kappa shape index (κ3) is 4.70. The van der Waals surface area contributed by atoms with E-state index in [1.165, 1.54) is 6.92 Å². The number of nitrogens with one attached hydrogen (secondary N) is 1. The Bertz CT molecular complexity index is 898. The van der Waals surface area contributed by atoms with Crippen LogP contribution in [0.1, 0.15) is 18.9 Å². The van der Waals surface area contributed by atoms with Crippen LogP contribution in [0, 0.1) is 12.8 Å². The molecule has 3 rings (SSSR count). The number of esters is 1. The summed E-state index contributed by atoms with van der Waals surface area (Å²) in [6, 6.07) is 14.2. The van der Waals surface area contributed by atoms with Gasteiger partial charge < -0.3 is 15.0 Å². The molecule has 0 saturated carbocycles. The lowest BCUT2D eigenvalue weighted by Gasteiger charge is -2.18. The van der Waals surface area contributed by atoms with Crippen LogP contribution >= 0.6 is 11.6 Å². The van der Waals surface area contributed by atoms with Crippen molar-refractivity contribution in [3.63, 3.8) is 0 Å². The standard InChI is InChI=1S/C21H21ClN2O4/c1-13-6-8-18(9-7-13)24-12-15(10-19(24)25)21(27)28-14(2)20(26)23-17-5-3-4-16(22)11-17/h3-9,11,14-15H,10,12H2,1-2H3,(H,23,26)/t14-,15-/m1/s1. The molecule has 0 radical (unpaired) electrons. The summed E-state index contributed by atoms with van der Waals surface area (Å²) in [5.41, 5.74) is 2.35. The predicted molar refractivity (Wildman–Crippen MR) is 107 cm³/mol. The van der Waals surface area contributed by atoms with Crippen LogP contribution in [0.4, 0.5) is 11.4 Å². The average Bonchev–Trinajstić information content (AvgIpc) is 3.04. The molecule has 0 bridgehead atoms. The first-order valence-electron chi connectivity index (χ1n) is 8.97. The van der Waals surface area contributed by atoms with Crippen LogP contribution in [-0.2, 0) is 19.1 Å². The molecule has 146 valence electrons. The third-order valence-corrected chi connectivity index (χ3v) is 4.79. The number of rotatable bonds is 5. The normalized spacial score (nSPS) is 17.3. The molecule has 0 unspecified atom stereocenters. The Labute approximate surface area is 168 Å². The fourth-order valence-electron chi connectivity index (χ4n) is 2.97. The highest BCUT2D eigenvalue weighted by Gasteiger charge is 2.37. The zero-order chi connectivity index (χ0) is 20.3. The van der Waals surface area contributed by atoms with Gasteiger partial charge in [-0.15, -0.1) is 0 Å². The van der Waals surface area contributed by atoms with Gasteiger partial charge in [-0.3, -0.25) is 14.4 Å². The summed E-state index contributed by atoms with van der Waals surface area (Å²) in [4.78, 5) is 38.6. The van der Waals surface area contributed by atoms with Crippen molar-refractivity contribution in [2.75, 3.05) is 16.8 Å². The van der Waals surface area contributed by atoms with E-state index in [9.17, 15) is 14.4 Å². The van der Waals surface area contributed by atoms with Gasteiger partial charge >= 0.3 is 5.97 Å². The number of carbonyl (C=O) groups excluding carboxylic acids is 3. The number of anilines is 2. The molecule has 1 fully saturated rings. The zero-order valence-corrected chi connectivity index (χ0v) is 16.4. The second kappa shape index (κ2) is 8.44. The fraction of sp³-hybridized carbons (Fsp3) is 0.286. The number of hydrogen-bond acceptors (Lipinski definition) is 4. The van der Waals surface area contributed by atoms with Gasteiger partial charge in [-0.1, -0.05) is 35.4 Å². The minimum atomic E-state index is -0.991. The molecule has 0 aromatic heterocycles. The largest absolute Gasteiger partial charge is 0.452 e. The van der Waals surface area contributed by atoms with E-state index in [0.717, 1.165) is 11.3 Å². The first kappa shape index (κ1) is 19.9. The Hall–Kier alpha value is -2.86. The fourth-order valence-corrected chi connectivity index (χ4v) is 3.16. The number of hydrogen-bond donors (Lipinski definition) is 1. The lowest BCUT2D eigenvalue weighted by atomic mass is 10.1. The summed E-state index contributed by atoms with van der Waals surface area (Å²) in [7, 11) is 0. The lowest BCUT2D eigenvalue weighted by molar-refractivity contribution is -0.157. The average molecular weight is 401 g/mol. The van der Waals surface area contributed by atoms with Crippen LogP contribution in [-0.4, -0.2) is 30.4 Å². The Morgan fingerprint density at radius 2 is 1.93 bits per heavy atom. The van der Waals surface area contributed by atoms with Crippen LogP contribution in [0.25, 0.3) is 0 Å². The Balaban J connectivity index is 1.57. The molecule has 7 heteroatoms. The van der Waals surface area contributed by atoms with Crippen molar-refractivity contribution >= 4 is 40.8 Å². The molecule has 1 N–H and O–H groups in total. The number of amides is 2. The van der Waals surface area contributed by atoms with Crippen LogP contribution in [0.5, 0.6) is 0 Å².